The summed E-state index contributed by atoms with van der Waals surface area (Å²) in [5, 5.41) is 1.22. The van der Waals surface area contributed by atoms with Gasteiger partial charge in [0.05, 0.1) is 0 Å². The third kappa shape index (κ3) is 6.13. The maximum atomic E-state index is 3.72. The molecule has 0 aromatic heterocycles. The van der Waals surface area contributed by atoms with Gasteiger partial charge in [0, 0.05) is 0 Å². The summed E-state index contributed by atoms with van der Waals surface area (Å²) in [6, 6.07) is 0. The third-order valence-corrected chi connectivity index (χ3v) is 5.23. The summed E-state index contributed by atoms with van der Waals surface area (Å²) in [4.78, 5) is 0. The van der Waals surface area contributed by atoms with E-state index < -0.39 is 15.7 Å². The van der Waals surface area contributed by atoms with E-state index in [1.54, 1.807) is 0 Å². The van der Waals surface area contributed by atoms with E-state index in [0.717, 1.165) is 13.1 Å². The van der Waals surface area contributed by atoms with Crippen molar-refractivity contribution in [2.45, 2.75) is 5.25 Å². The van der Waals surface area contributed by atoms with Gasteiger partial charge in [-0.3, -0.25) is 0 Å². The van der Waals surface area contributed by atoms with E-state index in [1.165, 1.54) is 5.25 Å². The first-order valence-corrected chi connectivity index (χ1v) is 7.32. The maximum absolute atomic E-state index is 3.72. The Kier molecular flexibility index (Phi) is 7.63. The minimum absolute atomic E-state index is 0.532. The van der Waals surface area contributed by atoms with Crippen LogP contribution in [0.3, 0.4) is 0 Å². The van der Waals surface area contributed by atoms with Gasteiger partial charge in [0.2, 0.25) is 0 Å². The summed E-state index contributed by atoms with van der Waals surface area (Å²) in [5.41, 5.74) is 0. The number of hydrogen-bond donors (Lipinski definition) is 0. The molecule has 0 rings (SSSR count). The second kappa shape index (κ2) is 7.83. The minimum atomic E-state index is -0.532. The molecule has 1 nitrogen and oxygen atoms in total. The fourth-order valence-electron chi connectivity index (χ4n) is 0.896. The van der Waals surface area contributed by atoms with Crippen molar-refractivity contribution >= 4 is 15.7 Å². The molecule has 0 saturated heterocycles. The van der Waals surface area contributed by atoms with Crippen molar-refractivity contribution in [3.63, 3.8) is 0 Å². The Hall–Kier alpha value is -0.277. The van der Waals surface area contributed by atoms with Gasteiger partial charge < -0.3 is 0 Å². The molecule has 0 aromatic rings. The van der Waals surface area contributed by atoms with E-state index in [9.17, 15) is 0 Å². The Labute approximate surface area is 76.2 Å². The molecule has 0 aliphatic heterocycles. The molecule has 0 aromatic carbocycles. The monoisotopic (exact) mass is 213 g/mol. The molecule has 0 heterocycles. The summed E-state index contributed by atoms with van der Waals surface area (Å²) in [6.45, 7) is 13.2. The first-order chi connectivity index (χ1) is 5.35. The fourth-order valence-corrected chi connectivity index (χ4v) is 3.58. The summed E-state index contributed by atoms with van der Waals surface area (Å²) in [6.07, 6.45) is 5.93. The molecule has 0 unspecified atom stereocenters. The second-order valence-electron chi connectivity index (χ2n) is 2.41. The zero-order valence-electron chi connectivity index (χ0n) is 7.13. The van der Waals surface area contributed by atoms with Crippen molar-refractivity contribution in [1.29, 1.82) is 0 Å². The van der Waals surface area contributed by atoms with Crippen LogP contribution in [0.4, 0.5) is 0 Å². The topological polar surface area (TPSA) is 3.24 Å². The fraction of sp³-hybridized carbons (Fsp3) is 0.333. The van der Waals surface area contributed by atoms with Crippen LogP contribution >= 0.6 is 0 Å². The Balaban J connectivity index is 3.57. The van der Waals surface area contributed by atoms with Crippen LogP contribution in [0.25, 0.3) is 0 Å². The molecule has 11 heavy (non-hydrogen) atoms. The number of hydrogen-bond acceptors (Lipinski definition) is 1. The van der Waals surface area contributed by atoms with Crippen LogP contribution in [0.2, 0.25) is 5.25 Å². The van der Waals surface area contributed by atoms with Crippen molar-refractivity contribution in [1.82, 2.24) is 3.86 Å². The van der Waals surface area contributed by atoms with Crippen molar-refractivity contribution in [2.24, 2.45) is 0 Å². The molecule has 0 amide bonds. The molecular weight excluding hydrogens is 195 g/mol. The molecule has 0 spiro atoms. The zero-order chi connectivity index (χ0) is 8.53. The Morgan fingerprint density at radius 2 is 1.55 bits per heavy atom. The Bertz CT molecular complexity index is 122. The van der Waals surface area contributed by atoms with Crippen LogP contribution in [-0.4, -0.2) is 32.6 Å². The molecule has 62 valence electrons. The van der Waals surface area contributed by atoms with Gasteiger partial charge in [-0.1, -0.05) is 0 Å². The van der Waals surface area contributed by atoms with E-state index >= 15 is 0 Å². The van der Waals surface area contributed by atoms with Crippen LogP contribution in [0, 0.1) is 0 Å². The van der Waals surface area contributed by atoms with Crippen molar-refractivity contribution < 1.29 is 0 Å². The van der Waals surface area contributed by atoms with E-state index in [0.29, 0.717) is 0 Å². The molecule has 0 radical (unpaired) electrons. The van der Waals surface area contributed by atoms with E-state index in [4.69, 9.17) is 0 Å². The predicted molar refractivity (Wildman–Crippen MR) is 55.5 cm³/mol. The SMILES string of the molecule is C=C[CH2][GeH2][N](CC=C)CC=C. The van der Waals surface area contributed by atoms with Crippen LogP contribution in [-0.2, 0) is 0 Å². The Morgan fingerprint density at radius 1 is 1.00 bits per heavy atom. The molecule has 0 atom stereocenters. The summed E-state index contributed by atoms with van der Waals surface area (Å²) < 4.78 is 2.45. The summed E-state index contributed by atoms with van der Waals surface area (Å²) in [5.74, 6) is 0. The van der Waals surface area contributed by atoms with Gasteiger partial charge in [0.25, 0.3) is 0 Å². The second-order valence-corrected chi connectivity index (χ2v) is 6.44. The van der Waals surface area contributed by atoms with E-state index in [2.05, 4.69) is 23.6 Å². The van der Waals surface area contributed by atoms with Gasteiger partial charge in [-0.05, 0) is 0 Å². The van der Waals surface area contributed by atoms with Gasteiger partial charge in [-0.15, -0.1) is 0 Å². The molecule has 2 heteroatoms. The number of rotatable bonds is 7. The number of nitrogens with zero attached hydrogens (tertiary/aromatic N) is 1. The summed E-state index contributed by atoms with van der Waals surface area (Å²) >= 11 is -0.532. The first kappa shape index (κ1) is 10.7. The molecule has 0 bridgehead atoms. The van der Waals surface area contributed by atoms with Gasteiger partial charge in [-0.25, -0.2) is 0 Å². The summed E-state index contributed by atoms with van der Waals surface area (Å²) in [7, 11) is 0. The quantitative estimate of drug-likeness (QED) is 0.454. The van der Waals surface area contributed by atoms with Gasteiger partial charge in [0.1, 0.15) is 0 Å². The average Bonchev–Trinajstić information content (AvgIpc) is 2.01. The standard InChI is InChI=1S/C9H17GeN/c1-4-7-10-11(8-5-2)9-6-3/h4-6H,1-3,7-10H2. The molecule has 0 saturated carbocycles. The van der Waals surface area contributed by atoms with Crippen molar-refractivity contribution in [3.8, 4) is 0 Å². The predicted octanol–water partition coefficient (Wildman–Crippen LogP) is 1.35. The van der Waals surface area contributed by atoms with Crippen LogP contribution in [0.5, 0.6) is 0 Å². The van der Waals surface area contributed by atoms with Crippen molar-refractivity contribution in [2.75, 3.05) is 13.1 Å². The zero-order valence-corrected chi connectivity index (χ0v) is 10.1. The average molecular weight is 212 g/mol. The van der Waals surface area contributed by atoms with Crippen LogP contribution in [0.1, 0.15) is 0 Å². The molecular formula is C9H17GeN. The molecule has 0 fully saturated rings. The van der Waals surface area contributed by atoms with E-state index in [-0.39, 0.29) is 0 Å². The van der Waals surface area contributed by atoms with Gasteiger partial charge in [0.15, 0.2) is 0 Å². The normalized spacial score (nSPS) is 10.6. The first-order valence-electron chi connectivity index (χ1n) is 3.90. The van der Waals surface area contributed by atoms with Crippen molar-refractivity contribution in [3.05, 3.63) is 38.0 Å². The van der Waals surface area contributed by atoms with Crippen LogP contribution in [0.15, 0.2) is 38.0 Å². The number of allylic oxidation sites excluding steroid dienone is 1. The Morgan fingerprint density at radius 3 is 1.91 bits per heavy atom. The molecule has 0 aliphatic carbocycles. The molecule has 0 N–H and O–H groups in total. The molecule has 0 aliphatic rings. The van der Waals surface area contributed by atoms with E-state index in [1.807, 2.05) is 18.2 Å². The van der Waals surface area contributed by atoms with Gasteiger partial charge >= 0.3 is 75.8 Å². The van der Waals surface area contributed by atoms with Gasteiger partial charge in [-0.2, -0.15) is 0 Å². The van der Waals surface area contributed by atoms with Crippen LogP contribution < -0.4 is 0 Å². The third-order valence-electron chi connectivity index (χ3n) is 1.42.